The molecule has 0 fully saturated rings. The Morgan fingerprint density at radius 1 is 1.21 bits per heavy atom. The van der Waals surface area contributed by atoms with Crippen LogP contribution in [0.5, 0.6) is 0 Å². The molecule has 1 heterocycles. The molecular weight excluding hydrogens is 234 g/mol. The third kappa shape index (κ3) is 3.01. The molecule has 0 spiro atoms. The van der Waals surface area contributed by atoms with Crippen molar-refractivity contribution in [1.29, 1.82) is 0 Å². The van der Waals surface area contributed by atoms with Crippen LogP contribution in [0.2, 0.25) is 0 Å². The van der Waals surface area contributed by atoms with E-state index in [1.165, 1.54) is 16.5 Å². The Bertz CT molecular complexity index is 539. The average Bonchev–Trinajstić information content (AvgIpc) is 2.82. The van der Waals surface area contributed by atoms with Crippen LogP contribution in [0.25, 0.3) is 11.0 Å². The maximum absolute atomic E-state index is 5.64. The van der Waals surface area contributed by atoms with Crippen molar-refractivity contribution in [3.05, 3.63) is 35.6 Å². The summed E-state index contributed by atoms with van der Waals surface area (Å²) in [6.45, 7) is 10.9. The summed E-state index contributed by atoms with van der Waals surface area (Å²) in [5.74, 6) is 0. The first-order valence-electron chi connectivity index (χ1n) is 7.29. The van der Waals surface area contributed by atoms with E-state index in [1.54, 1.807) is 0 Å². The van der Waals surface area contributed by atoms with Crippen LogP contribution in [0.15, 0.2) is 28.9 Å². The van der Waals surface area contributed by atoms with Crippen LogP contribution in [0.1, 0.15) is 51.7 Å². The van der Waals surface area contributed by atoms with Gasteiger partial charge < -0.3 is 9.73 Å². The van der Waals surface area contributed by atoms with Crippen LogP contribution < -0.4 is 5.32 Å². The van der Waals surface area contributed by atoms with Gasteiger partial charge in [-0.05, 0) is 42.5 Å². The van der Waals surface area contributed by atoms with Crippen molar-refractivity contribution in [1.82, 2.24) is 5.32 Å². The van der Waals surface area contributed by atoms with Gasteiger partial charge in [0, 0.05) is 17.5 Å². The highest BCUT2D eigenvalue weighted by molar-refractivity contribution is 5.82. The molecule has 0 saturated carbocycles. The molecule has 1 N–H and O–H groups in total. The molecule has 1 aromatic heterocycles. The minimum absolute atomic E-state index is 0.222. The van der Waals surface area contributed by atoms with Crippen LogP contribution in [0.4, 0.5) is 0 Å². The molecule has 0 bridgehead atoms. The van der Waals surface area contributed by atoms with Crippen LogP contribution in [0, 0.1) is 0 Å². The van der Waals surface area contributed by atoms with Gasteiger partial charge in [-0.3, -0.25) is 0 Å². The van der Waals surface area contributed by atoms with Crippen molar-refractivity contribution in [3.8, 4) is 0 Å². The van der Waals surface area contributed by atoms with Crippen molar-refractivity contribution in [2.24, 2.45) is 0 Å². The van der Waals surface area contributed by atoms with Crippen LogP contribution >= 0.6 is 0 Å². The van der Waals surface area contributed by atoms with Crippen LogP contribution in [-0.2, 0) is 12.0 Å². The second kappa shape index (κ2) is 5.79. The zero-order valence-corrected chi connectivity index (χ0v) is 12.5. The van der Waals surface area contributed by atoms with E-state index in [0.717, 1.165) is 31.5 Å². The summed E-state index contributed by atoms with van der Waals surface area (Å²) < 4.78 is 5.64. The molecule has 0 saturated heterocycles. The van der Waals surface area contributed by atoms with E-state index in [2.05, 4.69) is 51.2 Å². The summed E-state index contributed by atoms with van der Waals surface area (Å²) in [5.41, 5.74) is 3.86. The second-order valence-electron chi connectivity index (χ2n) is 5.89. The standard InChI is InChI=1S/C17H25NO/c1-5-9-18-11-13-12-19-16-8-7-14(10-15(13)16)17(3,4)6-2/h7-8,10,12,18H,5-6,9,11H2,1-4H3. The quantitative estimate of drug-likeness (QED) is 0.766. The van der Waals surface area contributed by atoms with E-state index in [4.69, 9.17) is 4.42 Å². The number of hydrogen-bond acceptors (Lipinski definition) is 2. The zero-order valence-electron chi connectivity index (χ0n) is 12.5. The summed E-state index contributed by atoms with van der Waals surface area (Å²) in [6.07, 6.45) is 4.18. The summed E-state index contributed by atoms with van der Waals surface area (Å²) in [5, 5.41) is 4.69. The minimum atomic E-state index is 0.222. The normalized spacial score (nSPS) is 12.2. The van der Waals surface area contributed by atoms with E-state index in [0.29, 0.717) is 0 Å². The lowest BCUT2D eigenvalue weighted by molar-refractivity contribution is 0.506. The highest BCUT2D eigenvalue weighted by Gasteiger charge is 2.19. The van der Waals surface area contributed by atoms with E-state index >= 15 is 0 Å². The van der Waals surface area contributed by atoms with E-state index in [1.807, 2.05) is 6.26 Å². The molecule has 0 unspecified atom stereocenters. The maximum Gasteiger partial charge on any atom is 0.134 e. The number of fused-ring (bicyclic) bond motifs is 1. The molecule has 0 aliphatic carbocycles. The highest BCUT2D eigenvalue weighted by Crippen LogP contribution is 2.31. The minimum Gasteiger partial charge on any atom is -0.464 e. The molecule has 0 radical (unpaired) electrons. The fourth-order valence-electron chi connectivity index (χ4n) is 2.24. The number of nitrogens with one attached hydrogen (secondary N) is 1. The van der Waals surface area contributed by atoms with Gasteiger partial charge in [-0.2, -0.15) is 0 Å². The van der Waals surface area contributed by atoms with E-state index in [-0.39, 0.29) is 5.41 Å². The lowest BCUT2D eigenvalue weighted by atomic mass is 9.82. The molecule has 1 aromatic carbocycles. The molecule has 2 nitrogen and oxygen atoms in total. The Morgan fingerprint density at radius 3 is 2.68 bits per heavy atom. The van der Waals surface area contributed by atoms with Crippen LogP contribution in [-0.4, -0.2) is 6.54 Å². The first kappa shape index (κ1) is 14.1. The Balaban J connectivity index is 2.32. The largest absolute Gasteiger partial charge is 0.464 e. The van der Waals surface area contributed by atoms with E-state index < -0.39 is 0 Å². The van der Waals surface area contributed by atoms with Gasteiger partial charge in [0.25, 0.3) is 0 Å². The van der Waals surface area contributed by atoms with Gasteiger partial charge in [0.2, 0.25) is 0 Å². The molecule has 104 valence electrons. The van der Waals surface area contributed by atoms with Crippen LogP contribution in [0.3, 0.4) is 0 Å². The second-order valence-corrected chi connectivity index (χ2v) is 5.89. The molecule has 2 heteroatoms. The van der Waals surface area contributed by atoms with Gasteiger partial charge in [-0.15, -0.1) is 0 Å². The average molecular weight is 259 g/mol. The van der Waals surface area contributed by atoms with Gasteiger partial charge >= 0.3 is 0 Å². The Hall–Kier alpha value is -1.28. The SMILES string of the molecule is CCCNCc1coc2ccc(C(C)(C)CC)cc12. The summed E-state index contributed by atoms with van der Waals surface area (Å²) in [4.78, 5) is 0. The third-order valence-corrected chi connectivity index (χ3v) is 4.06. The van der Waals surface area contributed by atoms with Crippen molar-refractivity contribution >= 4 is 11.0 Å². The molecule has 0 atom stereocenters. The summed E-state index contributed by atoms with van der Waals surface area (Å²) >= 11 is 0. The third-order valence-electron chi connectivity index (χ3n) is 4.06. The van der Waals surface area contributed by atoms with Gasteiger partial charge in [0.05, 0.1) is 6.26 Å². The number of rotatable bonds is 6. The van der Waals surface area contributed by atoms with E-state index in [9.17, 15) is 0 Å². The van der Waals surface area contributed by atoms with Gasteiger partial charge in [0.1, 0.15) is 5.58 Å². The van der Waals surface area contributed by atoms with Gasteiger partial charge in [-0.25, -0.2) is 0 Å². The lowest BCUT2D eigenvalue weighted by Crippen LogP contribution is -2.15. The molecule has 0 aliphatic heterocycles. The topological polar surface area (TPSA) is 25.2 Å². The Morgan fingerprint density at radius 2 is 2.00 bits per heavy atom. The molecule has 0 amide bonds. The van der Waals surface area contributed by atoms with Crippen molar-refractivity contribution in [3.63, 3.8) is 0 Å². The zero-order chi connectivity index (χ0) is 13.9. The molecule has 2 aromatic rings. The van der Waals surface area contributed by atoms with Gasteiger partial charge in [-0.1, -0.05) is 33.8 Å². The number of hydrogen-bond donors (Lipinski definition) is 1. The number of benzene rings is 1. The molecule has 19 heavy (non-hydrogen) atoms. The first-order valence-corrected chi connectivity index (χ1v) is 7.29. The fourth-order valence-corrected chi connectivity index (χ4v) is 2.24. The maximum atomic E-state index is 5.64. The van der Waals surface area contributed by atoms with Crippen molar-refractivity contribution in [2.45, 2.75) is 52.5 Å². The predicted octanol–water partition coefficient (Wildman–Crippen LogP) is 4.62. The lowest BCUT2D eigenvalue weighted by Gasteiger charge is -2.23. The Kier molecular flexibility index (Phi) is 4.31. The molecule has 0 aliphatic rings. The summed E-state index contributed by atoms with van der Waals surface area (Å²) in [7, 11) is 0. The van der Waals surface area contributed by atoms with Gasteiger partial charge in [0.15, 0.2) is 0 Å². The molecular formula is C17H25NO. The monoisotopic (exact) mass is 259 g/mol. The van der Waals surface area contributed by atoms with Crippen molar-refractivity contribution < 1.29 is 4.42 Å². The smallest absolute Gasteiger partial charge is 0.134 e. The Labute approximate surface area is 116 Å². The molecule has 2 rings (SSSR count). The number of furan rings is 1. The highest BCUT2D eigenvalue weighted by atomic mass is 16.3. The fraction of sp³-hybridized carbons (Fsp3) is 0.529. The predicted molar refractivity (Wildman–Crippen MR) is 81.5 cm³/mol. The first-order chi connectivity index (χ1) is 9.08. The summed E-state index contributed by atoms with van der Waals surface area (Å²) in [6, 6.07) is 6.59. The van der Waals surface area contributed by atoms with Crippen molar-refractivity contribution in [2.75, 3.05) is 6.54 Å².